The van der Waals surface area contributed by atoms with Crippen molar-refractivity contribution in [1.29, 1.82) is 0 Å². The van der Waals surface area contributed by atoms with Crippen molar-refractivity contribution in [2.45, 2.75) is 13.2 Å². The van der Waals surface area contributed by atoms with Crippen LogP contribution in [0.4, 0.5) is 0 Å². The Bertz CT molecular complexity index is 44.2. The topological polar surface area (TPSA) is 23.5 Å². The van der Waals surface area contributed by atoms with Gasteiger partial charge in [0, 0.05) is 0 Å². The highest BCUT2D eigenvalue weighted by Crippen LogP contribution is 1.79. The molecule has 0 saturated heterocycles. The maximum absolute atomic E-state index is 8.56. The van der Waals surface area contributed by atoms with Gasteiger partial charge in [-0.1, -0.05) is 0 Å². The minimum Gasteiger partial charge on any atom is -0.379 e. The van der Waals surface area contributed by atoms with Crippen LogP contribution in [-0.2, 0) is 0 Å². The molecule has 1 N–H and O–H groups in total. The van der Waals surface area contributed by atoms with Gasteiger partial charge in [0.15, 0.2) is 0 Å². The third kappa shape index (κ3) is 17.7. The van der Waals surface area contributed by atoms with E-state index in [1.165, 1.54) is 0 Å². The normalized spacial score (nSPS) is 12.3. The molecule has 1 unspecified atom stereocenters. The number of halogens is 2. The molecule has 0 aliphatic carbocycles. The maximum atomic E-state index is 8.56. The molecule has 0 aliphatic heterocycles. The van der Waals surface area contributed by atoms with E-state index in [1.54, 1.807) is 11.8 Å². The molecule has 0 aromatic heterocycles. The first-order chi connectivity index (χ1) is 4.06. The lowest BCUT2D eigenvalue weighted by Crippen LogP contribution is -2.23. The molecule has 9 heavy (non-hydrogen) atoms. The zero-order valence-electron chi connectivity index (χ0n) is 5.93. The van der Waals surface area contributed by atoms with Crippen LogP contribution in [0.5, 0.6) is 0 Å². The van der Waals surface area contributed by atoms with Gasteiger partial charge in [-0.3, -0.25) is 4.90 Å². The number of aliphatic hydroxyl groups is 1. The minimum absolute atomic E-state index is 0.194. The summed E-state index contributed by atoms with van der Waals surface area (Å²) >= 11 is 9.53. The van der Waals surface area contributed by atoms with Crippen molar-refractivity contribution >= 4 is 23.2 Å². The Morgan fingerprint density at radius 1 is 1.44 bits per heavy atom. The summed E-state index contributed by atoms with van der Waals surface area (Å²) in [5.41, 5.74) is 0. The molecular formula is C5H13Cl2NO. The van der Waals surface area contributed by atoms with Crippen molar-refractivity contribution < 1.29 is 5.11 Å². The average molecular weight is 174 g/mol. The van der Waals surface area contributed by atoms with Gasteiger partial charge < -0.3 is 5.11 Å². The molecule has 2 nitrogen and oxygen atoms in total. The molecule has 0 spiro atoms. The first kappa shape index (κ1) is 12.2. The Morgan fingerprint density at radius 3 is 1.56 bits per heavy atom. The number of alkyl halides is 2. The second-order valence-electron chi connectivity index (χ2n) is 1.70. The van der Waals surface area contributed by atoms with Crippen LogP contribution in [0.25, 0.3) is 0 Å². The molecule has 4 heteroatoms. The van der Waals surface area contributed by atoms with Gasteiger partial charge in [0.05, 0.1) is 5.34 Å². The molecule has 0 saturated carbocycles. The monoisotopic (exact) mass is 173 g/mol. The molecule has 0 amide bonds. The molecule has 0 fully saturated rings. The number of aliphatic hydroxyl groups excluding tert-OH is 1. The van der Waals surface area contributed by atoms with Crippen molar-refractivity contribution in [2.24, 2.45) is 0 Å². The van der Waals surface area contributed by atoms with E-state index in [0.29, 0.717) is 0 Å². The summed E-state index contributed by atoms with van der Waals surface area (Å²) in [5, 5.41) is 8.75. The van der Waals surface area contributed by atoms with E-state index in [0.717, 1.165) is 0 Å². The second-order valence-corrected chi connectivity index (χ2v) is 2.50. The predicted octanol–water partition coefficient (Wildman–Crippen LogP) is 1.31. The highest BCUT2D eigenvalue weighted by molar-refractivity contribution is 6.40. The van der Waals surface area contributed by atoms with Gasteiger partial charge in [-0.25, -0.2) is 0 Å². The SMILES string of the molecule is CC(O)N(C)C.ClCCl. The fraction of sp³-hybridized carbons (Fsp3) is 1.00. The Hall–Kier alpha value is 0.500. The van der Waals surface area contributed by atoms with Crippen LogP contribution in [0.2, 0.25) is 0 Å². The van der Waals surface area contributed by atoms with E-state index in [1.807, 2.05) is 14.1 Å². The van der Waals surface area contributed by atoms with Crippen molar-refractivity contribution in [3.63, 3.8) is 0 Å². The standard InChI is InChI=1S/C4H11NO.CH2Cl2/c1-4(6)5(2)3;2-1-3/h4,6H,1-3H3;1H2. The van der Waals surface area contributed by atoms with Crippen LogP contribution in [-0.4, -0.2) is 35.7 Å². The van der Waals surface area contributed by atoms with Gasteiger partial charge in [-0.05, 0) is 21.0 Å². The quantitative estimate of drug-likeness (QED) is 0.478. The van der Waals surface area contributed by atoms with Gasteiger partial charge in [0.25, 0.3) is 0 Å². The summed E-state index contributed by atoms with van der Waals surface area (Å²) in [6.45, 7) is 1.72. The first-order valence-electron chi connectivity index (χ1n) is 2.52. The van der Waals surface area contributed by atoms with Gasteiger partial charge >= 0.3 is 0 Å². The van der Waals surface area contributed by atoms with E-state index in [4.69, 9.17) is 28.3 Å². The summed E-state index contributed by atoms with van der Waals surface area (Å²) in [5.74, 6) is 0. The zero-order chi connectivity index (χ0) is 7.86. The largest absolute Gasteiger partial charge is 0.379 e. The van der Waals surface area contributed by atoms with E-state index < -0.39 is 0 Å². The second kappa shape index (κ2) is 8.50. The molecule has 0 radical (unpaired) electrons. The van der Waals surface area contributed by atoms with Gasteiger partial charge in [0.2, 0.25) is 0 Å². The Morgan fingerprint density at radius 2 is 1.56 bits per heavy atom. The average Bonchev–Trinajstić information content (AvgIpc) is 1.68. The lowest BCUT2D eigenvalue weighted by Gasteiger charge is -2.11. The number of hydrogen-bond acceptors (Lipinski definition) is 2. The van der Waals surface area contributed by atoms with Gasteiger partial charge in [-0.15, -0.1) is 23.2 Å². The molecular weight excluding hydrogens is 161 g/mol. The summed E-state index contributed by atoms with van der Waals surface area (Å²) in [6.07, 6.45) is -0.315. The van der Waals surface area contributed by atoms with Crippen LogP contribution in [0.3, 0.4) is 0 Å². The lowest BCUT2D eigenvalue weighted by molar-refractivity contribution is 0.0578. The Balaban J connectivity index is 0. The molecule has 0 aliphatic rings. The fourth-order valence-corrected chi connectivity index (χ4v) is 0. The van der Waals surface area contributed by atoms with Gasteiger partial charge in [-0.2, -0.15) is 0 Å². The van der Waals surface area contributed by atoms with Crippen molar-refractivity contribution in [2.75, 3.05) is 19.4 Å². The summed E-state index contributed by atoms with van der Waals surface area (Å²) in [6, 6.07) is 0. The summed E-state index contributed by atoms with van der Waals surface area (Å²) in [4.78, 5) is 1.72. The van der Waals surface area contributed by atoms with Crippen molar-refractivity contribution in [3.05, 3.63) is 0 Å². The molecule has 0 rings (SSSR count). The van der Waals surface area contributed by atoms with Crippen LogP contribution >= 0.6 is 23.2 Å². The van der Waals surface area contributed by atoms with Crippen molar-refractivity contribution in [1.82, 2.24) is 4.90 Å². The Labute approximate surface area is 66.4 Å². The lowest BCUT2D eigenvalue weighted by atomic mass is 10.6. The molecule has 0 bridgehead atoms. The van der Waals surface area contributed by atoms with E-state index >= 15 is 0 Å². The van der Waals surface area contributed by atoms with E-state index in [2.05, 4.69) is 0 Å². The van der Waals surface area contributed by atoms with Gasteiger partial charge in [0.1, 0.15) is 6.23 Å². The predicted molar refractivity (Wildman–Crippen MR) is 41.9 cm³/mol. The summed E-state index contributed by atoms with van der Waals surface area (Å²) in [7, 11) is 3.65. The fourth-order valence-electron chi connectivity index (χ4n) is 0. The third-order valence-electron chi connectivity index (χ3n) is 0.747. The van der Waals surface area contributed by atoms with Crippen LogP contribution in [0.15, 0.2) is 0 Å². The smallest absolute Gasteiger partial charge is 0.104 e. The molecule has 1 atom stereocenters. The highest BCUT2D eigenvalue weighted by atomic mass is 35.5. The zero-order valence-corrected chi connectivity index (χ0v) is 7.45. The molecule has 58 valence electrons. The highest BCUT2D eigenvalue weighted by Gasteiger charge is 1.92. The van der Waals surface area contributed by atoms with Crippen LogP contribution in [0, 0.1) is 0 Å². The number of hydrogen-bond donors (Lipinski definition) is 1. The van der Waals surface area contributed by atoms with E-state index in [9.17, 15) is 0 Å². The number of nitrogens with zero attached hydrogens (tertiary/aromatic N) is 1. The number of rotatable bonds is 1. The Kier molecular flexibility index (Phi) is 11.5. The summed E-state index contributed by atoms with van der Waals surface area (Å²) < 4.78 is 0. The van der Waals surface area contributed by atoms with E-state index in [-0.39, 0.29) is 11.6 Å². The third-order valence-corrected chi connectivity index (χ3v) is 0.747. The van der Waals surface area contributed by atoms with Crippen LogP contribution < -0.4 is 0 Å². The molecule has 0 aromatic rings. The van der Waals surface area contributed by atoms with Crippen molar-refractivity contribution in [3.8, 4) is 0 Å². The maximum Gasteiger partial charge on any atom is 0.104 e. The molecule has 0 heterocycles. The first-order valence-corrected chi connectivity index (χ1v) is 3.59. The molecule has 0 aromatic carbocycles. The van der Waals surface area contributed by atoms with Crippen LogP contribution in [0.1, 0.15) is 6.92 Å². The minimum atomic E-state index is -0.315.